The second kappa shape index (κ2) is 10.5. The van der Waals surface area contributed by atoms with Crippen molar-refractivity contribution in [3.05, 3.63) is 77.7 Å². The number of nitrogens with one attached hydrogen (secondary N) is 1. The fourth-order valence-corrected chi connectivity index (χ4v) is 3.08. The average molecular weight is 470 g/mol. The highest BCUT2D eigenvalue weighted by molar-refractivity contribution is 5.93. The number of ether oxygens (including phenoxy) is 1. The highest BCUT2D eigenvalue weighted by Gasteiger charge is 2.28. The van der Waals surface area contributed by atoms with Crippen LogP contribution in [0.3, 0.4) is 0 Å². The number of aliphatic hydroxyl groups is 1. The monoisotopic (exact) mass is 469 g/mol. The minimum Gasteiger partial charge on any atom is -0.481 e. The SMILES string of the molecule is CC(C)[C@@](C)(O)COc1cc(C(=O)NCC(C(=O)O)c2ccccc2)nn1-c1ccccc1F. The summed E-state index contributed by atoms with van der Waals surface area (Å²) in [7, 11) is 0. The largest absolute Gasteiger partial charge is 0.481 e. The van der Waals surface area contributed by atoms with E-state index in [4.69, 9.17) is 4.74 Å². The minimum absolute atomic E-state index is 0.0634. The van der Waals surface area contributed by atoms with Crippen molar-refractivity contribution < 1.29 is 28.9 Å². The van der Waals surface area contributed by atoms with Gasteiger partial charge in [-0.2, -0.15) is 9.78 Å². The van der Waals surface area contributed by atoms with Gasteiger partial charge >= 0.3 is 5.97 Å². The van der Waals surface area contributed by atoms with E-state index >= 15 is 0 Å². The van der Waals surface area contributed by atoms with Crippen LogP contribution in [0.2, 0.25) is 0 Å². The van der Waals surface area contributed by atoms with Crippen molar-refractivity contribution in [2.45, 2.75) is 32.3 Å². The number of halogens is 1. The Kier molecular flexibility index (Phi) is 7.68. The Labute approximate surface area is 197 Å². The van der Waals surface area contributed by atoms with Crippen molar-refractivity contribution in [2.24, 2.45) is 5.92 Å². The third-order valence-electron chi connectivity index (χ3n) is 5.71. The summed E-state index contributed by atoms with van der Waals surface area (Å²) in [4.78, 5) is 24.5. The van der Waals surface area contributed by atoms with E-state index in [2.05, 4.69) is 10.4 Å². The molecule has 0 saturated heterocycles. The Hall–Kier alpha value is -3.72. The number of benzene rings is 2. The molecule has 2 atom stereocenters. The van der Waals surface area contributed by atoms with Crippen molar-refractivity contribution in [1.82, 2.24) is 15.1 Å². The number of para-hydroxylation sites is 1. The summed E-state index contributed by atoms with van der Waals surface area (Å²) in [5.41, 5.74) is -0.642. The van der Waals surface area contributed by atoms with Crippen molar-refractivity contribution >= 4 is 11.9 Å². The van der Waals surface area contributed by atoms with Crippen LogP contribution in [-0.2, 0) is 4.79 Å². The predicted molar refractivity (Wildman–Crippen MR) is 124 cm³/mol. The van der Waals surface area contributed by atoms with Crippen molar-refractivity contribution in [1.29, 1.82) is 0 Å². The molecule has 9 heteroatoms. The first kappa shape index (κ1) is 24.9. The summed E-state index contributed by atoms with van der Waals surface area (Å²) in [6.07, 6.45) is 0. The topological polar surface area (TPSA) is 114 Å². The molecule has 0 radical (unpaired) electrons. The summed E-state index contributed by atoms with van der Waals surface area (Å²) in [5, 5.41) is 26.9. The maximum Gasteiger partial charge on any atom is 0.312 e. The molecule has 3 rings (SSSR count). The molecule has 3 N–H and O–H groups in total. The molecule has 180 valence electrons. The molecule has 34 heavy (non-hydrogen) atoms. The van der Waals surface area contributed by atoms with E-state index in [1.165, 1.54) is 24.3 Å². The van der Waals surface area contributed by atoms with Crippen LogP contribution >= 0.6 is 0 Å². The summed E-state index contributed by atoms with van der Waals surface area (Å²) >= 11 is 0. The normalized spacial score (nSPS) is 13.8. The van der Waals surface area contributed by atoms with Crippen LogP contribution in [0.1, 0.15) is 42.7 Å². The Balaban J connectivity index is 1.85. The number of carbonyl (C=O) groups is 2. The van der Waals surface area contributed by atoms with Gasteiger partial charge in [0.15, 0.2) is 5.69 Å². The van der Waals surface area contributed by atoms with E-state index in [0.717, 1.165) is 4.68 Å². The van der Waals surface area contributed by atoms with Gasteiger partial charge in [-0.3, -0.25) is 9.59 Å². The number of carboxylic acids is 1. The lowest BCUT2D eigenvalue weighted by atomic mass is 9.94. The first-order chi connectivity index (χ1) is 16.1. The van der Waals surface area contributed by atoms with Gasteiger partial charge in [-0.15, -0.1) is 0 Å². The first-order valence-corrected chi connectivity index (χ1v) is 10.9. The highest BCUT2D eigenvalue weighted by atomic mass is 19.1. The zero-order valence-corrected chi connectivity index (χ0v) is 19.2. The molecular weight excluding hydrogens is 441 g/mol. The number of nitrogens with zero attached hydrogens (tertiary/aromatic N) is 2. The highest BCUT2D eigenvalue weighted by Crippen LogP contribution is 2.25. The second-order valence-electron chi connectivity index (χ2n) is 8.54. The number of hydrogen-bond acceptors (Lipinski definition) is 5. The molecule has 1 aromatic heterocycles. The summed E-state index contributed by atoms with van der Waals surface area (Å²) < 4.78 is 21.4. The van der Waals surface area contributed by atoms with Crippen LogP contribution in [-0.4, -0.2) is 50.6 Å². The molecule has 8 nitrogen and oxygen atoms in total. The minimum atomic E-state index is -1.17. The number of rotatable bonds is 10. The molecular formula is C25H28FN3O5. The van der Waals surface area contributed by atoms with Crippen LogP contribution < -0.4 is 10.1 Å². The number of hydrogen-bond donors (Lipinski definition) is 3. The van der Waals surface area contributed by atoms with E-state index in [-0.39, 0.29) is 36.3 Å². The summed E-state index contributed by atoms with van der Waals surface area (Å²) in [6.45, 7) is 5.01. The molecule has 3 aromatic rings. The van der Waals surface area contributed by atoms with E-state index < -0.39 is 29.2 Å². The first-order valence-electron chi connectivity index (χ1n) is 10.9. The zero-order valence-electron chi connectivity index (χ0n) is 19.2. The Bertz CT molecular complexity index is 1140. The van der Waals surface area contributed by atoms with Crippen LogP contribution in [0.5, 0.6) is 5.88 Å². The third-order valence-corrected chi connectivity index (χ3v) is 5.71. The number of carbonyl (C=O) groups excluding carboxylic acids is 1. The average Bonchev–Trinajstić information content (AvgIpc) is 3.22. The number of amides is 1. The van der Waals surface area contributed by atoms with Crippen LogP contribution in [0.25, 0.3) is 5.69 Å². The van der Waals surface area contributed by atoms with E-state index in [0.29, 0.717) is 5.56 Å². The van der Waals surface area contributed by atoms with Crippen LogP contribution in [0.4, 0.5) is 4.39 Å². The molecule has 1 unspecified atom stereocenters. The van der Waals surface area contributed by atoms with Crippen molar-refractivity contribution in [3.63, 3.8) is 0 Å². The fourth-order valence-electron chi connectivity index (χ4n) is 3.08. The van der Waals surface area contributed by atoms with E-state index in [9.17, 15) is 24.2 Å². The van der Waals surface area contributed by atoms with Crippen LogP contribution in [0, 0.1) is 11.7 Å². The fraction of sp³-hybridized carbons (Fsp3) is 0.320. The van der Waals surface area contributed by atoms with Crippen molar-refractivity contribution in [3.8, 4) is 11.6 Å². The lowest BCUT2D eigenvalue weighted by molar-refractivity contribution is -0.138. The lowest BCUT2D eigenvalue weighted by Crippen LogP contribution is -2.38. The smallest absolute Gasteiger partial charge is 0.312 e. The Morgan fingerprint density at radius 1 is 1.15 bits per heavy atom. The van der Waals surface area contributed by atoms with Gasteiger partial charge in [-0.05, 0) is 30.5 Å². The molecule has 1 amide bonds. The molecule has 0 saturated carbocycles. The number of aliphatic carboxylic acids is 1. The number of carboxylic acid groups (broad SMARTS) is 1. The molecule has 2 aromatic carbocycles. The van der Waals surface area contributed by atoms with Gasteiger partial charge in [0.25, 0.3) is 5.91 Å². The standard InChI is InChI=1S/C25H28FN3O5/c1-16(2)25(3,33)15-34-22-13-20(28-29(22)21-12-8-7-11-19(21)26)23(30)27-14-18(24(31)32)17-9-5-4-6-10-17/h4-13,16,18,33H,14-15H2,1-3H3,(H,27,30)(H,31,32)/t18?,25-/m0/s1. The molecule has 0 bridgehead atoms. The second-order valence-corrected chi connectivity index (χ2v) is 8.54. The molecule has 0 aliphatic rings. The molecule has 0 aliphatic heterocycles. The van der Waals surface area contributed by atoms with Gasteiger partial charge in [0, 0.05) is 12.6 Å². The van der Waals surface area contributed by atoms with Gasteiger partial charge in [-0.25, -0.2) is 4.39 Å². The summed E-state index contributed by atoms with van der Waals surface area (Å²) in [6, 6.07) is 15.8. The quantitative estimate of drug-likeness (QED) is 0.419. The van der Waals surface area contributed by atoms with Gasteiger partial charge in [0.1, 0.15) is 18.1 Å². The Morgan fingerprint density at radius 2 is 1.79 bits per heavy atom. The molecule has 0 aliphatic carbocycles. The van der Waals surface area contributed by atoms with Gasteiger partial charge in [0.05, 0.1) is 11.5 Å². The molecule has 0 fully saturated rings. The van der Waals surface area contributed by atoms with Gasteiger partial charge in [0.2, 0.25) is 5.88 Å². The summed E-state index contributed by atoms with van der Waals surface area (Å²) in [5.74, 6) is -3.30. The maximum atomic E-state index is 14.5. The Morgan fingerprint density at radius 3 is 2.41 bits per heavy atom. The lowest BCUT2D eigenvalue weighted by Gasteiger charge is -2.27. The molecule has 1 heterocycles. The predicted octanol–water partition coefficient (Wildman–Crippen LogP) is 3.40. The van der Waals surface area contributed by atoms with Gasteiger partial charge in [-0.1, -0.05) is 56.3 Å². The van der Waals surface area contributed by atoms with Crippen molar-refractivity contribution in [2.75, 3.05) is 13.2 Å². The maximum absolute atomic E-state index is 14.5. The van der Waals surface area contributed by atoms with E-state index in [1.54, 1.807) is 43.3 Å². The molecule has 0 spiro atoms. The third kappa shape index (κ3) is 5.79. The van der Waals surface area contributed by atoms with Gasteiger partial charge < -0.3 is 20.3 Å². The van der Waals surface area contributed by atoms with Crippen LogP contribution in [0.15, 0.2) is 60.7 Å². The number of aromatic nitrogens is 2. The zero-order chi connectivity index (χ0) is 24.9. The van der Waals surface area contributed by atoms with E-state index in [1.807, 2.05) is 13.8 Å².